The molecule has 0 spiro atoms. The number of benzene rings is 3. The van der Waals surface area contributed by atoms with Crippen LogP contribution in [0, 0.1) is 0 Å². The lowest BCUT2D eigenvalue weighted by molar-refractivity contribution is -0.135. The van der Waals surface area contributed by atoms with Crippen molar-refractivity contribution in [1.29, 1.82) is 0 Å². The van der Waals surface area contributed by atoms with E-state index in [4.69, 9.17) is 27.9 Å². The molecule has 0 aliphatic carbocycles. The van der Waals surface area contributed by atoms with Crippen LogP contribution in [0.25, 0.3) is 0 Å². The van der Waals surface area contributed by atoms with E-state index in [0.717, 1.165) is 5.56 Å². The quantitative estimate of drug-likeness (QED) is 0.414. The van der Waals surface area contributed by atoms with Crippen LogP contribution in [0.2, 0.25) is 10.0 Å². The Kier molecular flexibility index (Phi) is 9.32. The monoisotopic (exact) mass is 568 g/mol. The number of rotatable bonds is 7. The number of halogens is 2. The molecule has 0 bridgehead atoms. The summed E-state index contributed by atoms with van der Waals surface area (Å²) in [4.78, 5) is 43.1. The summed E-state index contributed by atoms with van der Waals surface area (Å²) in [7, 11) is 1.53. The van der Waals surface area contributed by atoms with Crippen molar-refractivity contribution >= 4 is 46.7 Å². The number of nitrogens with zero attached hydrogens (tertiary/aromatic N) is 2. The Balaban J connectivity index is 1.45. The number of carbonyl (C=O) groups excluding carboxylic acids is 3. The van der Waals surface area contributed by atoms with Crippen molar-refractivity contribution in [2.24, 2.45) is 0 Å². The highest BCUT2D eigenvalue weighted by molar-refractivity contribution is 6.42. The molecule has 1 saturated heterocycles. The van der Waals surface area contributed by atoms with Crippen molar-refractivity contribution in [3.05, 3.63) is 94.0 Å². The zero-order valence-corrected chi connectivity index (χ0v) is 23.2. The first-order chi connectivity index (χ1) is 18.7. The van der Waals surface area contributed by atoms with E-state index in [9.17, 15) is 14.4 Å². The van der Waals surface area contributed by atoms with Gasteiger partial charge >= 0.3 is 6.03 Å². The molecule has 0 saturated carbocycles. The lowest BCUT2D eigenvalue weighted by Gasteiger charge is -2.41. The van der Waals surface area contributed by atoms with Gasteiger partial charge in [0.1, 0.15) is 11.8 Å². The van der Waals surface area contributed by atoms with Crippen molar-refractivity contribution in [3.63, 3.8) is 0 Å². The van der Waals surface area contributed by atoms with Crippen LogP contribution in [-0.4, -0.2) is 66.5 Å². The molecule has 4 rings (SSSR count). The summed E-state index contributed by atoms with van der Waals surface area (Å²) >= 11 is 12.0. The number of anilines is 1. The van der Waals surface area contributed by atoms with Gasteiger partial charge in [0.2, 0.25) is 5.91 Å². The van der Waals surface area contributed by atoms with Gasteiger partial charge in [0, 0.05) is 43.3 Å². The molecule has 8 nitrogen and oxygen atoms in total. The number of piperazine rings is 1. The second-order valence-corrected chi connectivity index (χ2v) is 10.1. The van der Waals surface area contributed by atoms with E-state index >= 15 is 0 Å². The molecule has 0 aromatic heterocycles. The summed E-state index contributed by atoms with van der Waals surface area (Å²) in [6, 6.07) is 19.9. The van der Waals surface area contributed by atoms with Gasteiger partial charge in [-0.15, -0.1) is 0 Å². The topological polar surface area (TPSA) is 91.0 Å². The van der Waals surface area contributed by atoms with E-state index in [1.165, 1.54) is 7.11 Å². The summed E-state index contributed by atoms with van der Waals surface area (Å²) < 4.78 is 5.23. The lowest BCUT2D eigenvalue weighted by atomic mass is 10.0. The Morgan fingerprint density at radius 2 is 1.74 bits per heavy atom. The Labute approximate surface area is 237 Å². The van der Waals surface area contributed by atoms with Crippen LogP contribution in [0.3, 0.4) is 0 Å². The Hall–Kier alpha value is -3.75. The number of carbonyl (C=O) groups is 3. The molecule has 2 unspecified atom stereocenters. The van der Waals surface area contributed by atoms with Crippen molar-refractivity contribution in [1.82, 2.24) is 15.1 Å². The van der Waals surface area contributed by atoms with Crippen LogP contribution in [-0.2, 0) is 11.2 Å². The van der Waals surface area contributed by atoms with Gasteiger partial charge in [-0.2, -0.15) is 0 Å². The van der Waals surface area contributed by atoms with Gasteiger partial charge in [-0.1, -0.05) is 59.6 Å². The minimum absolute atomic E-state index is 0.202. The Bertz CT molecular complexity index is 1340. The highest BCUT2D eigenvalue weighted by Crippen LogP contribution is 2.25. The van der Waals surface area contributed by atoms with Gasteiger partial charge in [-0.25, -0.2) is 4.79 Å². The van der Waals surface area contributed by atoms with Crippen LogP contribution in [0.4, 0.5) is 10.5 Å². The van der Waals surface area contributed by atoms with E-state index in [0.29, 0.717) is 53.1 Å². The van der Waals surface area contributed by atoms with E-state index in [2.05, 4.69) is 10.6 Å². The predicted molar refractivity (Wildman–Crippen MR) is 153 cm³/mol. The maximum absolute atomic E-state index is 13.7. The first-order valence-corrected chi connectivity index (χ1v) is 13.3. The molecule has 3 aromatic rings. The molecule has 1 aliphatic rings. The number of urea groups is 1. The summed E-state index contributed by atoms with van der Waals surface area (Å²) in [5.41, 5.74) is 1.86. The van der Waals surface area contributed by atoms with Gasteiger partial charge in [0.05, 0.1) is 17.2 Å². The third kappa shape index (κ3) is 7.22. The fourth-order valence-corrected chi connectivity index (χ4v) is 4.80. The standard InChI is InChI=1S/C29H30Cl2N4O4/c1-19-18-34(13-14-35(19)29(38)32-22-11-12-24(30)25(31)17-22)28(37)26(15-20-7-4-3-5-8-20)33-27(36)21-9-6-10-23(16-21)39-2/h3-12,16-17,19,26H,13-15,18H2,1-2H3,(H,32,38)(H,33,36). The van der Waals surface area contributed by atoms with E-state index in [1.54, 1.807) is 52.3 Å². The number of ether oxygens (including phenoxy) is 1. The van der Waals surface area contributed by atoms with Crippen molar-refractivity contribution in [3.8, 4) is 5.75 Å². The average molecular weight is 569 g/mol. The second kappa shape index (κ2) is 12.9. The first-order valence-electron chi connectivity index (χ1n) is 12.6. The maximum atomic E-state index is 13.7. The van der Waals surface area contributed by atoms with Crippen LogP contribution in [0.1, 0.15) is 22.8 Å². The minimum Gasteiger partial charge on any atom is -0.497 e. The van der Waals surface area contributed by atoms with E-state index in [-0.39, 0.29) is 23.9 Å². The predicted octanol–water partition coefficient (Wildman–Crippen LogP) is 5.11. The number of hydrogen-bond acceptors (Lipinski definition) is 4. The molecule has 10 heteroatoms. The normalized spacial score (nSPS) is 15.8. The van der Waals surface area contributed by atoms with Crippen molar-refractivity contribution in [2.75, 3.05) is 32.1 Å². The molecule has 1 heterocycles. The van der Waals surface area contributed by atoms with Gasteiger partial charge in [0.25, 0.3) is 5.91 Å². The summed E-state index contributed by atoms with van der Waals surface area (Å²) in [5.74, 6) is -0.0139. The zero-order valence-electron chi connectivity index (χ0n) is 21.7. The van der Waals surface area contributed by atoms with Crippen molar-refractivity contribution < 1.29 is 19.1 Å². The minimum atomic E-state index is -0.783. The largest absolute Gasteiger partial charge is 0.497 e. The summed E-state index contributed by atoms with van der Waals surface area (Å²) in [6.07, 6.45) is 0.335. The lowest BCUT2D eigenvalue weighted by Crippen LogP contribution is -2.60. The Morgan fingerprint density at radius 3 is 2.44 bits per heavy atom. The van der Waals surface area contributed by atoms with E-state index < -0.39 is 6.04 Å². The molecule has 3 aromatic carbocycles. The van der Waals surface area contributed by atoms with E-state index in [1.807, 2.05) is 37.3 Å². The van der Waals surface area contributed by atoms with Gasteiger partial charge in [-0.3, -0.25) is 9.59 Å². The molecule has 204 valence electrons. The molecule has 4 amide bonds. The molecule has 1 fully saturated rings. The SMILES string of the molecule is COc1cccc(C(=O)NC(Cc2ccccc2)C(=O)N2CCN(C(=O)Nc3ccc(Cl)c(Cl)c3)C(C)C2)c1. The molecular weight excluding hydrogens is 539 g/mol. The van der Waals surface area contributed by atoms with Crippen molar-refractivity contribution in [2.45, 2.75) is 25.4 Å². The molecule has 1 aliphatic heterocycles. The van der Waals surface area contributed by atoms with Crippen LogP contribution in [0.15, 0.2) is 72.8 Å². The molecule has 2 N–H and O–H groups in total. The zero-order chi connectivity index (χ0) is 27.9. The molecule has 0 radical (unpaired) electrons. The van der Waals surface area contributed by atoms with Crippen LogP contribution in [0.5, 0.6) is 5.75 Å². The third-order valence-electron chi connectivity index (χ3n) is 6.59. The molecular formula is C29H30Cl2N4O4. The number of nitrogens with one attached hydrogen (secondary N) is 2. The highest BCUT2D eigenvalue weighted by Gasteiger charge is 2.34. The van der Waals surface area contributed by atoms with Crippen LogP contribution < -0.4 is 15.4 Å². The Morgan fingerprint density at radius 1 is 0.974 bits per heavy atom. The fraction of sp³-hybridized carbons (Fsp3) is 0.276. The first kappa shape index (κ1) is 28.3. The molecule has 39 heavy (non-hydrogen) atoms. The van der Waals surface area contributed by atoms with Gasteiger partial charge in [0.15, 0.2) is 0 Å². The number of hydrogen-bond donors (Lipinski definition) is 2. The fourth-order valence-electron chi connectivity index (χ4n) is 4.50. The van der Waals surface area contributed by atoms with Gasteiger partial charge in [-0.05, 0) is 48.9 Å². The maximum Gasteiger partial charge on any atom is 0.322 e. The number of amides is 4. The van der Waals surface area contributed by atoms with Gasteiger partial charge < -0.3 is 25.2 Å². The molecule has 2 atom stereocenters. The summed E-state index contributed by atoms with van der Waals surface area (Å²) in [5, 5.41) is 6.50. The van der Waals surface area contributed by atoms with Crippen LogP contribution >= 0.6 is 23.2 Å². The average Bonchev–Trinajstić information content (AvgIpc) is 2.94. The smallest absolute Gasteiger partial charge is 0.322 e. The second-order valence-electron chi connectivity index (χ2n) is 9.33. The highest BCUT2D eigenvalue weighted by atomic mass is 35.5. The number of methoxy groups -OCH3 is 1. The summed E-state index contributed by atoms with van der Waals surface area (Å²) in [6.45, 7) is 2.88. The third-order valence-corrected chi connectivity index (χ3v) is 7.33.